The Morgan fingerprint density at radius 3 is 2.32 bits per heavy atom. The Morgan fingerprint density at radius 1 is 1.00 bits per heavy atom. The maximum Gasteiger partial charge on any atom is 0.241 e. The van der Waals surface area contributed by atoms with E-state index in [4.69, 9.17) is 9.47 Å². The van der Waals surface area contributed by atoms with Gasteiger partial charge in [-0.25, -0.2) is 8.42 Å². The molecule has 0 radical (unpaired) electrons. The van der Waals surface area contributed by atoms with Crippen molar-refractivity contribution >= 4 is 15.9 Å². The lowest BCUT2D eigenvalue weighted by Crippen LogP contribution is -2.50. The molecule has 3 rings (SSSR count). The molecule has 2 aromatic carbocycles. The summed E-state index contributed by atoms with van der Waals surface area (Å²) in [7, 11) is -1.05. The van der Waals surface area contributed by atoms with Crippen molar-refractivity contribution in [2.45, 2.75) is 55.5 Å². The molecule has 0 aliphatic heterocycles. The maximum absolute atomic E-state index is 13.1. The van der Waals surface area contributed by atoms with Crippen molar-refractivity contribution in [3.8, 4) is 11.5 Å². The van der Waals surface area contributed by atoms with Gasteiger partial charge in [-0.15, -0.1) is 0 Å². The lowest BCUT2D eigenvalue weighted by molar-refractivity contribution is -0.123. The van der Waals surface area contributed by atoms with Crippen LogP contribution in [-0.4, -0.2) is 40.6 Å². The van der Waals surface area contributed by atoms with Gasteiger partial charge in [0.1, 0.15) is 6.04 Å². The van der Waals surface area contributed by atoms with Gasteiger partial charge < -0.3 is 14.8 Å². The predicted octanol–water partition coefficient (Wildman–Crippen LogP) is 3.04. The van der Waals surface area contributed by atoms with Gasteiger partial charge in [-0.05, 0) is 37.0 Å². The van der Waals surface area contributed by atoms with Crippen LogP contribution in [-0.2, 0) is 21.2 Å². The summed E-state index contributed by atoms with van der Waals surface area (Å²) in [5.74, 6) is 0.425. The number of hydrogen-bond donors (Lipinski definition) is 2. The summed E-state index contributed by atoms with van der Waals surface area (Å²) < 4.78 is 39.2. The third kappa shape index (κ3) is 6.21. The highest BCUT2D eigenvalue weighted by Crippen LogP contribution is 2.29. The van der Waals surface area contributed by atoms with Crippen molar-refractivity contribution < 1.29 is 22.7 Å². The molecule has 0 spiro atoms. The van der Waals surface area contributed by atoms with Crippen molar-refractivity contribution in [3.63, 3.8) is 0 Å². The van der Waals surface area contributed by atoms with E-state index in [1.54, 1.807) is 0 Å². The van der Waals surface area contributed by atoms with Gasteiger partial charge in [0.25, 0.3) is 0 Å². The van der Waals surface area contributed by atoms with Gasteiger partial charge in [0.15, 0.2) is 11.5 Å². The van der Waals surface area contributed by atoms with E-state index in [0.717, 1.165) is 31.2 Å². The highest BCUT2D eigenvalue weighted by Gasteiger charge is 2.28. The van der Waals surface area contributed by atoms with Crippen molar-refractivity contribution in [3.05, 3.63) is 54.1 Å². The number of sulfonamides is 1. The Kier molecular flexibility index (Phi) is 7.92. The molecule has 168 valence electrons. The van der Waals surface area contributed by atoms with Crippen LogP contribution in [0.3, 0.4) is 0 Å². The van der Waals surface area contributed by atoms with Gasteiger partial charge >= 0.3 is 0 Å². The van der Waals surface area contributed by atoms with E-state index in [2.05, 4.69) is 10.0 Å². The minimum absolute atomic E-state index is 0.00804. The van der Waals surface area contributed by atoms with Crippen LogP contribution in [0.5, 0.6) is 11.5 Å². The Hall–Kier alpha value is -2.58. The summed E-state index contributed by atoms with van der Waals surface area (Å²) >= 11 is 0. The monoisotopic (exact) mass is 446 g/mol. The molecule has 1 fully saturated rings. The number of nitrogens with one attached hydrogen (secondary N) is 2. The SMILES string of the molecule is COc1ccc(S(=O)(=O)NC(Cc2ccccc2)C(=O)NC2CCCCC2)cc1OC. The van der Waals surface area contributed by atoms with Crippen molar-refractivity contribution in [2.24, 2.45) is 0 Å². The second-order valence-corrected chi connectivity index (χ2v) is 9.44. The molecule has 0 heterocycles. The van der Waals surface area contributed by atoms with Crippen LogP contribution in [0.4, 0.5) is 0 Å². The summed E-state index contributed by atoms with van der Waals surface area (Å²) in [6, 6.07) is 12.9. The fourth-order valence-electron chi connectivity index (χ4n) is 3.83. The number of ether oxygens (including phenoxy) is 2. The number of benzene rings is 2. The Bertz CT molecular complexity index is 973. The number of hydrogen-bond acceptors (Lipinski definition) is 5. The van der Waals surface area contributed by atoms with E-state index in [-0.39, 0.29) is 23.3 Å². The molecule has 1 aliphatic carbocycles. The number of carbonyl (C=O) groups is 1. The smallest absolute Gasteiger partial charge is 0.241 e. The Labute approximate surface area is 184 Å². The lowest BCUT2D eigenvalue weighted by Gasteiger charge is -2.26. The van der Waals surface area contributed by atoms with Crippen LogP contribution in [0.15, 0.2) is 53.4 Å². The van der Waals surface area contributed by atoms with Gasteiger partial charge in [-0.1, -0.05) is 49.6 Å². The lowest BCUT2D eigenvalue weighted by atomic mass is 9.95. The first-order chi connectivity index (χ1) is 14.9. The zero-order chi connectivity index (χ0) is 22.3. The standard InChI is InChI=1S/C23H30N2O5S/c1-29-21-14-13-19(16-22(21)30-2)31(27,28)25-20(15-17-9-5-3-6-10-17)23(26)24-18-11-7-4-8-12-18/h3,5-6,9-10,13-14,16,18,20,25H,4,7-8,11-12,15H2,1-2H3,(H,24,26). The first kappa shape index (κ1) is 23.1. The molecule has 1 amide bonds. The van der Waals surface area contributed by atoms with Crippen LogP contribution < -0.4 is 19.5 Å². The minimum atomic E-state index is -3.97. The Balaban J connectivity index is 1.83. The molecule has 0 saturated heterocycles. The molecule has 8 heteroatoms. The molecule has 0 aromatic heterocycles. The minimum Gasteiger partial charge on any atom is -0.493 e. The predicted molar refractivity (Wildman–Crippen MR) is 119 cm³/mol. The number of rotatable bonds is 9. The fraction of sp³-hybridized carbons (Fsp3) is 0.435. The van der Waals surface area contributed by atoms with Crippen LogP contribution in [0.1, 0.15) is 37.7 Å². The molecule has 2 N–H and O–H groups in total. The average Bonchev–Trinajstić information content (AvgIpc) is 2.79. The average molecular weight is 447 g/mol. The van der Waals surface area contributed by atoms with E-state index >= 15 is 0 Å². The Morgan fingerprint density at radius 2 is 1.68 bits per heavy atom. The summed E-state index contributed by atoms with van der Waals surface area (Å²) in [5, 5.41) is 3.04. The van der Waals surface area contributed by atoms with Gasteiger partial charge in [0.05, 0.1) is 19.1 Å². The maximum atomic E-state index is 13.1. The van der Waals surface area contributed by atoms with E-state index in [0.29, 0.717) is 11.5 Å². The summed E-state index contributed by atoms with van der Waals surface area (Å²) in [6.45, 7) is 0. The van der Waals surface area contributed by atoms with E-state index in [1.807, 2.05) is 30.3 Å². The fourth-order valence-corrected chi connectivity index (χ4v) is 5.04. The molecule has 0 bridgehead atoms. The number of methoxy groups -OCH3 is 2. The number of amides is 1. The largest absolute Gasteiger partial charge is 0.493 e. The normalized spacial score (nSPS) is 15.8. The molecule has 1 atom stereocenters. The van der Waals surface area contributed by atoms with Gasteiger partial charge in [0.2, 0.25) is 15.9 Å². The first-order valence-electron chi connectivity index (χ1n) is 10.5. The quantitative estimate of drug-likeness (QED) is 0.618. The van der Waals surface area contributed by atoms with Gasteiger partial charge in [-0.3, -0.25) is 4.79 Å². The highest BCUT2D eigenvalue weighted by molar-refractivity contribution is 7.89. The van der Waals surface area contributed by atoms with Crippen molar-refractivity contribution in [1.29, 1.82) is 0 Å². The van der Waals surface area contributed by atoms with Crippen LogP contribution in [0.2, 0.25) is 0 Å². The van der Waals surface area contributed by atoms with Crippen LogP contribution in [0, 0.1) is 0 Å². The topological polar surface area (TPSA) is 93.7 Å². The molecule has 1 unspecified atom stereocenters. The van der Waals surface area contributed by atoms with E-state index < -0.39 is 16.1 Å². The zero-order valence-electron chi connectivity index (χ0n) is 18.0. The summed E-state index contributed by atoms with van der Waals surface area (Å²) in [5.41, 5.74) is 0.876. The number of carbonyl (C=O) groups excluding carboxylic acids is 1. The summed E-state index contributed by atoms with van der Waals surface area (Å²) in [4.78, 5) is 13.1. The molecule has 1 aliphatic rings. The third-order valence-electron chi connectivity index (χ3n) is 5.51. The first-order valence-corrected chi connectivity index (χ1v) is 12.0. The van der Waals surface area contributed by atoms with Gasteiger partial charge in [0, 0.05) is 12.1 Å². The van der Waals surface area contributed by atoms with E-state index in [9.17, 15) is 13.2 Å². The van der Waals surface area contributed by atoms with Crippen LogP contribution in [0.25, 0.3) is 0 Å². The second-order valence-electron chi connectivity index (χ2n) is 7.72. The molecule has 2 aromatic rings. The summed E-state index contributed by atoms with van der Waals surface area (Å²) in [6.07, 6.45) is 5.42. The van der Waals surface area contributed by atoms with Crippen molar-refractivity contribution in [2.75, 3.05) is 14.2 Å². The zero-order valence-corrected chi connectivity index (χ0v) is 18.8. The molecular weight excluding hydrogens is 416 g/mol. The third-order valence-corrected chi connectivity index (χ3v) is 6.98. The molecule has 7 nitrogen and oxygen atoms in total. The second kappa shape index (κ2) is 10.6. The van der Waals surface area contributed by atoms with Crippen LogP contribution >= 0.6 is 0 Å². The highest BCUT2D eigenvalue weighted by atomic mass is 32.2. The van der Waals surface area contributed by atoms with E-state index in [1.165, 1.54) is 38.8 Å². The van der Waals surface area contributed by atoms with Gasteiger partial charge in [-0.2, -0.15) is 4.72 Å². The molecular formula is C23H30N2O5S. The molecule has 1 saturated carbocycles. The molecule has 31 heavy (non-hydrogen) atoms. The van der Waals surface area contributed by atoms with Crippen molar-refractivity contribution in [1.82, 2.24) is 10.0 Å².